The number of pyridine rings is 2. The first-order valence-corrected chi connectivity index (χ1v) is 10.8. The summed E-state index contributed by atoms with van der Waals surface area (Å²) in [5.41, 5.74) is 2.52. The summed E-state index contributed by atoms with van der Waals surface area (Å²) in [6, 6.07) is 15.1. The third-order valence-electron chi connectivity index (χ3n) is 5.59. The topological polar surface area (TPSA) is 67.4 Å². The van der Waals surface area contributed by atoms with Crippen LogP contribution in [0, 0.1) is 5.92 Å². The van der Waals surface area contributed by atoms with E-state index in [1.165, 1.54) is 12.8 Å². The summed E-state index contributed by atoms with van der Waals surface area (Å²) in [7, 11) is 0. The molecule has 3 heterocycles. The second kappa shape index (κ2) is 10.1. The summed E-state index contributed by atoms with van der Waals surface area (Å²) in [6.07, 6.45) is 7.77. The van der Waals surface area contributed by atoms with Crippen molar-refractivity contribution in [3.8, 4) is 5.75 Å². The third-order valence-corrected chi connectivity index (χ3v) is 5.59. The van der Waals surface area contributed by atoms with Gasteiger partial charge < -0.3 is 15.0 Å². The number of nitrogens with one attached hydrogen (secondary N) is 1. The van der Waals surface area contributed by atoms with Gasteiger partial charge in [-0.2, -0.15) is 0 Å². The molecule has 0 spiro atoms. The summed E-state index contributed by atoms with van der Waals surface area (Å²) in [5, 5.41) is 2.96. The second-order valence-electron chi connectivity index (χ2n) is 8.05. The Bertz CT molecular complexity index is 984. The molecular weight excluding hydrogens is 388 g/mol. The van der Waals surface area contributed by atoms with Crippen LogP contribution in [0.1, 0.15) is 41.3 Å². The number of carbonyl (C=O) groups excluding carboxylic acids is 1. The van der Waals surface area contributed by atoms with Gasteiger partial charge in [0.25, 0.3) is 5.91 Å². The highest BCUT2D eigenvalue weighted by molar-refractivity contribution is 5.94. The molecule has 4 rings (SSSR count). The Hall–Kier alpha value is -3.41. The molecule has 1 saturated heterocycles. The first-order chi connectivity index (χ1) is 15.2. The fourth-order valence-corrected chi connectivity index (χ4v) is 3.61. The van der Waals surface area contributed by atoms with Crippen LogP contribution in [0.25, 0.3) is 0 Å². The molecule has 0 bridgehead atoms. The highest BCUT2D eigenvalue weighted by Gasteiger charge is 2.16. The summed E-state index contributed by atoms with van der Waals surface area (Å²) in [6.45, 7) is 5.27. The SMILES string of the molecule is CC1CCN(c2ccc(CNC(=O)c3cccc(OCc4cccnc4)c3)cn2)CC1. The number of anilines is 1. The molecule has 0 atom stereocenters. The van der Waals surface area contributed by atoms with Gasteiger partial charge in [-0.05, 0) is 54.7 Å². The lowest BCUT2D eigenvalue weighted by atomic mass is 9.99. The second-order valence-corrected chi connectivity index (χ2v) is 8.05. The molecule has 1 N–H and O–H groups in total. The van der Waals surface area contributed by atoms with Gasteiger partial charge in [0, 0.05) is 49.4 Å². The molecule has 6 heteroatoms. The maximum atomic E-state index is 12.6. The van der Waals surface area contributed by atoms with Gasteiger partial charge in [-0.3, -0.25) is 9.78 Å². The van der Waals surface area contributed by atoms with Crippen molar-refractivity contribution in [3.63, 3.8) is 0 Å². The summed E-state index contributed by atoms with van der Waals surface area (Å²) in [4.78, 5) is 23.6. The van der Waals surface area contributed by atoms with Crippen molar-refractivity contribution >= 4 is 11.7 Å². The molecule has 0 aliphatic carbocycles. The zero-order chi connectivity index (χ0) is 21.5. The van der Waals surface area contributed by atoms with E-state index >= 15 is 0 Å². The Morgan fingerprint density at radius 1 is 1.10 bits per heavy atom. The van der Waals surface area contributed by atoms with Gasteiger partial charge in [-0.15, -0.1) is 0 Å². The number of ether oxygens (including phenoxy) is 1. The van der Waals surface area contributed by atoms with Crippen molar-refractivity contribution in [2.45, 2.75) is 32.9 Å². The number of hydrogen-bond acceptors (Lipinski definition) is 5. The fourth-order valence-electron chi connectivity index (χ4n) is 3.61. The van der Waals surface area contributed by atoms with Crippen LogP contribution in [0.15, 0.2) is 67.1 Å². The maximum absolute atomic E-state index is 12.6. The summed E-state index contributed by atoms with van der Waals surface area (Å²) >= 11 is 0. The van der Waals surface area contributed by atoms with Crippen LogP contribution in [0.2, 0.25) is 0 Å². The molecule has 1 aromatic carbocycles. The Labute approximate surface area is 183 Å². The predicted molar refractivity (Wildman–Crippen MR) is 121 cm³/mol. The minimum Gasteiger partial charge on any atom is -0.489 e. The molecule has 6 nitrogen and oxygen atoms in total. The molecule has 1 aliphatic heterocycles. The minimum atomic E-state index is -0.138. The van der Waals surface area contributed by atoms with Crippen molar-refractivity contribution in [1.29, 1.82) is 0 Å². The van der Waals surface area contributed by atoms with E-state index in [2.05, 4.69) is 27.1 Å². The molecule has 1 amide bonds. The standard InChI is InChI=1S/C25H28N4O2/c1-19-9-12-29(13-10-19)24-8-7-20(16-27-24)17-28-25(30)22-5-2-6-23(14-22)31-18-21-4-3-11-26-15-21/h2-8,11,14-16,19H,9-10,12-13,17-18H2,1H3,(H,28,30). The Kier molecular flexibility index (Phi) is 6.77. The van der Waals surface area contributed by atoms with Crippen molar-refractivity contribution in [1.82, 2.24) is 15.3 Å². The number of rotatable bonds is 7. The number of carbonyl (C=O) groups is 1. The van der Waals surface area contributed by atoms with E-state index in [0.717, 1.165) is 36.0 Å². The largest absolute Gasteiger partial charge is 0.489 e. The van der Waals surface area contributed by atoms with E-state index in [1.807, 2.05) is 42.6 Å². The monoisotopic (exact) mass is 416 g/mol. The van der Waals surface area contributed by atoms with E-state index in [0.29, 0.717) is 24.5 Å². The fraction of sp³-hybridized carbons (Fsp3) is 0.320. The first-order valence-electron chi connectivity index (χ1n) is 10.8. The van der Waals surface area contributed by atoms with E-state index in [4.69, 9.17) is 4.74 Å². The van der Waals surface area contributed by atoms with E-state index in [-0.39, 0.29) is 5.91 Å². The van der Waals surface area contributed by atoms with E-state index < -0.39 is 0 Å². The molecule has 0 saturated carbocycles. The molecule has 3 aromatic rings. The highest BCUT2D eigenvalue weighted by Crippen LogP contribution is 2.21. The maximum Gasteiger partial charge on any atom is 0.251 e. The highest BCUT2D eigenvalue weighted by atomic mass is 16.5. The summed E-state index contributed by atoms with van der Waals surface area (Å²) in [5.74, 6) is 2.32. The van der Waals surface area contributed by atoms with Gasteiger partial charge in [-0.1, -0.05) is 25.1 Å². The number of piperidine rings is 1. The Morgan fingerprint density at radius 3 is 2.71 bits per heavy atom. The van der Waals surface area contributed by atoms with E-state index in [9.17, 15) is 4.79 Å². The molecule has 1 aliphatic rings. The molecule has 2 aromatic heterocycles. The van der Waals surface area contributed by atoms with Crippen molar-refractivity contribution in [2.24, 2.45) is 5.92 Å². The summed E-state index contributed by atoms with van der Waals surface area (Å²) < 4.78 is 5.79. The zero-order valence-electron chi connectivity index (χ0n) is 17.8. The number of amides is 1. The Balaban J connectivity index is 1.29. The van der Waals surface area contributed by atoms with Gasteiger partial charge in [-0.25, -0.2) is 4.98 Å². The van der Waals surface area contributed by atoms with Gasteiger partial charge in [0.1, 0.15) is 18.2 Å². The minimum absolute atomic E-state index is 0.138. The molecule has 1 fully saturated rings. The van der Waals surface area contributed by atoms with Crippen molar-refractivity contribution < 1.29 is 9.53 Å². The van der Waals surface area contributed by atoms with Gasteiger partial charge in [0.05, 0.1) is 0 Å². The Morgan fingerprint density at radius 2 is 1.97 bits per heavy atom. The van der Waals surface area contributed by atoms with Gasteiger partial charge in [0.15, 0.2) is 0 Å². The quantitative estimate of drug-likeness (QED) is 0.625. The lowest BCUT2D eigenvalue weighted by Gasteiger charge is -2.31. The van der Waals surface area contributed by atoms with Crippen molar-refractivity contribution in [2.75, 3.05) is 18.0 Å². The van der Waals surface area contributed by atoms with Crippen LogP contribution in [-0.4, -0.2) is 29.0 Å². The van der Waals surface area contributed by atoms with Crippen molar-refractivity contribution in [3.05, 3.63) is 83.8 Å². The third kappa shape index (κ3) is 5.81. The van der Waals surface area contributed by atoms with Gasteiger partial charge in [0.2, 0.25) is 0 Å². The number of hydrogen-bond donors (Lipinski definition) is 1. The smallest absolute Gasteiger partial charge is 0.251 e. The molecule has 160 valence electrons. The number of nitrogens with zero attached hydrogens (tertiary/aromatic N) is 3. The first kappa shape index (κ1) is 20.8. The number of benzene rings is 1. The lowest BCUT2D eigenvalue weighted by Crippen LogP contribution is -2.33. The molecular formula is C25H28N4O2. The van der Waals surface area contributed by atoms with Crippen LogP contribution >= 0.6 is 0 Å². The van der Waals surface area contributed by atoms with Crippen LogP contribution in [0.3, 0.4) is 0 Å². The van der Waals surface area contributed by atoms with Crippen LogP contribution in [0.5, 0.6) is 5.75 Å². The average Bonchev–Trinajstić information content (AvgIpc) is 2.83. The average molecular weight is 417 g/mol. The predicted octanol–water partition coefficient (Wildman–Crippen LogP) is 4.22. The van der Waals surface area contributed by atoms with Crippen LogP contribution in [0.4, 0.5) is 5.82 Å². The zero-order valence-corrected chi connectivity index (χ0v) is 17.8. The van der Waals surface area contributed by atoms with E-state index in [1.54, 1.807) is 24.5 Å². The molecule has 0 radical (unpaired) electrons. The number of aromatic nitrogens is 2. The normalized spacial score (nSPS) is 14.3. The van der Waals surface area contributed by atoms with Crippen LogP contribution in [-0.2, 0) is 13.2 Å². The van der Waals surface area contributed by atoms with Crippen LogP contribution < -0.4 is 15.0 Å². The lowest BCUT2D eigenvalue weighted by molar-refractivity contribution is 0.0950. The molecule has 0 unspecified atom stereocenters. The van der Waals surface area contributed by atoms with Gasteiger partial charge >= 0.3 is 0 Å². The molecule has 31 heavy (non-hydrogen) atoms.